The zero-order valence-corrected chi connectivity index (χ0v) is 60.8. The van der Waals surface area contributed by atoms with Crippen molar-refractivity contribution in [1.29, 1.82) is 0 Å². The van der Waals surface area contributed by atoms with Crippen LogP contribution in [-0.2, 0) is 0 Å². The lowest BCUT2D eigenvalue weighted by Crippen LogP contribution is -2.02. The fourth-order valence-electron chi connectivity index (χ4n) is 17.1. The molecule has 1 aliphatic carbocycles. The molecule has 112 heavy (non-hydrogen) atoms. The van der Waals surface area contributed by atoms with E-state index >= 15 is 0 Å². The van der Waals surface area contributed by atoms with E-state index in [1.165, 1.54) is 110 Å². The summed E-state index contributed by atoms with van der Waals surface area (Å²) in [5.41, 5.74) is 29.5. The maximum absolute atomic E-state index is 5.09. The second kappa shape index (κ2) is 27.7. The lowest BCUT2D eigenvalue weighted by atomic mass is 9.87. The predicted octanol–water partition coefficient (Wildman–Crippen LogP) is 26.1. The fourth-order valence-corrected chi connectivity index (χ4v) is 17.1. The van der Waals surface area contributed by atoms with E-state index in [0.717, 1.165) is 67.3 Å². The van der Waals surface area contributed by atoms with Crippen molar-refractivity contribution in [2.24, 2.45) is 0 Å². The molecule has 0 N–H and O–H groups in total. The summed E-state index contributed by atoms with van der Waals surface area (Å²) in [6.45, 7) is 0. The molecule has 21 aromatic rings. The van der Waals surface area contributed by atoms with Crippen LogP contribution in [0.2, 0.25) is 0 Å². The van der Waals surface area contributed by atoms with Gasteiger partial charge >= 0.3 is 0 Å². The van der Waals surface area contributed by atoms with Gasteiger partial charge in [-0.3, -0.25) is 0 Å². The highest BCUT2D eigenvalue weighted by molar-refractivity contribution is 6.21. The van der Waals surface area contributed by atoms with Gasteiger partial charge in [-0.2, -0.15) is 0 Å². The van der Waals surface area contributed by atoms with Crippen molar-refractivity contribution in [3.05, 3.63) is 423 Å². The summed E-state index contributed by atoms with van der Waals surface area (Å²) >= 11 is 0. The van der Waals surface area contributed by atoms with Crippen LogP contribution in [0.3, 0.4) is 0 Å². The van der Waals surface area contributed by atoms with Crippen molar-refractivity contribution >= 4 is 65.4 Å². The summed E-state index contributed by atoms with van der Waals surface area (Å²) in [7, 11) is 0. The third-order valence-electron chi connectivity index (χ3n) is 22.1. The summed E-state index contributed by atoms with van der Waals surface area (Å²) in [5, 5.41) is 7.46. The van der Waals surface area contributed by atoms with Crippen molar-refractivity contribution in [1.82, 2.24) is 38.6 Å². The molecule has 1 unspecified atom stereocenters. The first kappa shape index (κ1) is 65.3. The highest BCUT2D eigenvalue weighted by Crippen LogP contribution is 2.51. The monoisotopic (exact) mass is 1430 g/mol. The molecule has 5 aromatic heterocycles. The molecule has 0 amide bonds. The van der Waals surface area contributed by atoms with Gasteiger partial charge < -0.3 is 13.7 Å². The number of aromatic nitrogens is 8. The van der Waals surface area contributed by atoms with Crippen LogP contribution in [0.1, 0.15) is 22.6 Å². The topological polar surface area (TPSA) is 79.2 Å². The van der Waals surface area contributed by atoms with Crippen LogP contribution in [0.15, 0.2) is 406 Å². The van der Waals surface area contributed by atoms with Gasteiger partial charge in [0, 0.05) is 94.2 Å². The summed E-state index contributed by atoms with van der Waals surface area (Å²) in [6.07, 6.45) is 0. The first-order chi connectivity index (χ1) is 55.6. The minimum atomic E-state index is 0.0370. The Balaban J connectivity index is 0.000000141. The SMILES string of the molecule is c1ccc(-c2cc(-c3ccc(-n4c5ccccc5c5c(-c6cccc7c8ccccc8n(-c8ccccc8)c67)cccc54)cc3)nc(-c3ccccc3)n2)cc1.c1ccc(-c2nc(-c3ccccc3)nc(-c3cccc(C4c5ccccc5-c5ccc(-c6cccc7c6c6ccccc6n7-c6ccccc6)cc54)c3)n2)cc1. The quantitative estimate of drug-likeness (QED) is 0.122. The van der Waals surface area contributed by atoms with Crippen LogP contribution in [0, 0.1) is 0 Å². The van der Waals surface area contributed by atoms with E-state index in [4.69, 9.17) is 24.9 Å². The van der Waals surface area contributed by atoms with Crippen LogP contribution in [0.25, 0.3) is 184 Å². The average Bonchev–Trinajstić information content (AvgIpc) is 1.56. The zero-order valence-electron chi connectivity index (χ0n) is 60.8. The van der Waals surface area contributed by atoms with Gasteiger partial charge in [-0.25, -0.2) is 24.9 Å². The molecule has 0 saturated carbocycles. The van der Waals surface area contributed by atoms with Crippen molar-refractivity contribution in [3.63, 3.8) is 0 Å². The highest BCUT2D eigenvalue weighted by atomic mass is 15.0. The van der Waals surface area contributed by atoms with E-state index in [1.807, 2.05) is 84.9 Å². The molecule has 0 radical (unpaired) electrons. The van der Waals surface area contributed by atoms with Gasteiger partial charge in [0.15, 0.2) is 23.3 Å². The minimum Gasteiger partial charge on any atom is -0.309 e. The van der Waals surface area contributed by atoms with Crippen molar-refractivity contribution < 1.29 is 0 Å². The van der Waals surface area contributed by atoms with Gasteiger partial charge in [0.2, 0.25) is 0 Å². The van der Waals surface area contributed by atoms with E-state index < -0.39 is 0 Å². The van der Waals surface area contributed by atoms with Gasteiger partial charge in [-0.1, -0.05) is 322 Å². The standard InChI is InChI=1S/2C52H34N4/c1-4-16-35(17-5-1)45-34-46(54-52(53-45)37-18-6-2-7-19-37)36-30-32-39(33-31-36)55-48-28-13-11-23-44(48)50-41(24-15-29-49(50)55)43-26-14-25-42-40-22-10-12-27-47(40)56(51(42)43)38-20-8-3-9-21-38;1-4-16-34(17-5-1)50-53-51(35-18-6-2-7-19-35)55-52(54-50)38-21-14-20-37(32-38)48-43-25-11-10-24-41(43)42-31-30-36(33-45(42)48)40-27-15-29-47-49(40)44-26-12-13-28-46(44)56(47)39-22-8-3-9-23-39/h1-34H;1-33,48H. The Kier molecular flexibility index (Phi) is 16.1. The maximum atomic E-state index is 5.09. The van der Waals surface area contributed by atoms with E-state index in [2.05, 4.69) is 335 Å². The molecule has 524 valence electrons. The molecule has 16 aromatic carbocycles. The van der Waals surface area contributed by atoms with Crippen LogP contribution in [0.4, 0.5) is 0 Å². The lowest BCUT2D eigenvalue weighted by Gasteiger charge is -2.17. The molecule has 0 bridgehead atoms. The van der Waals surface area contributed by atoms with Crippen LogP contribution >= 0.6 is 0 Å². The number of nitrogens with zero attached hydrogens (tertiary/aromatic N) is 8. The second-order valence-electron chi connectivity index (χ2n) is 28.6. The molecule has 8 nitrogen and oxygen atoms in total. The van der Waals surface area contributed by atoms with E-state index in [-0.39, 0.29) is 5.92 Å². The Morgan fingerprint density at radius 2 is 0.571 bits per heavy atom. The Hall–Kier alpha value is -15.0. The normalized spacial score (nSPS) is 12.4. The van der Waals surface area contributed by atoms with Gasteiger partial charge in [0.25, 0.3) is 0 Å². The average molecular weight is 1430 g/mol. The van der Waals surface area contributed by atoms with Gasteiger partial charge in [-0.05, 0) is 129 Å². The maximum Gasteiger partial charge on any atom is 0.164 e. The number of hydrogen-bond donors (Lipinski definition) is 0. The van der Waals surface area contributed by atoms with Crippen LogP contribution < -0.4 is 0 Å². The lowest BCUT2D eigenvalue weighted by molar-refractivity contribution is 1.01. The number of rotatable bonds is 12. The first-order valence-electron chi connectivity index (χ1n) is 38.1. The first-order valence-corrected chi connectivity index (χ1v) is 38.1. The number of fused-ring (bicyclic) bond motifs is 12. The van der Waals surface area contributed by atoms with Gasteiger partial charge in [0.05, 0.1) is 44.5 Å². The molecule has 0 spiro atoms. The third-order valence-corrected chi connectivity index (χ3v) is 22.1. The fraction of sp³-hybridized carbons (Fsp3) is 0.00962. The van der Waals surface area contributed by atoms with Crippen LogP contribution in [0.5, 0.6) is 0 Å². The molecule has 0 aliphatic heterocycles. The predicted molar refractivity (Wildman–Crippen MR) is 461 cm³/mol. The number of benzene rings is 16. The Labute approximate surface area is 647 Å². The minimum absolute atomic E-state index is 0.0370. The summed E-state index contributed by atoms with van der Waals surface area (Å²) in [6, 6.07) is 144. The number of para-hydroxylation sites is 6. The summed E-state index contributed by atoms with van der Waals surface area (Å²) in [5.74, 6) is 2.71. The highest BCUT2D eigenvalue weighted by Gasteiger charge is 2.32. The van der Waals surface area contributed by atoms with Crippen molar-refractivity contribution in [2.75, 3.05) is 0 Å². The van der Waals surface area contributed by atoms with Gasteiger partial charge in [-0.15, -0.1) is 0 Å². The van der Waals surface area contributed by atoms with E-state index in [9.17, 15) is 0 Å². The molecule has 0 fully saturated rings. The number of hydrogen-bond acceptors (Lipinski definition) is 5. The van der Waals surface area contributed by atoms with Crippen molar-refractivity contribution in [2.45, 2.75) is 5.92 Å². The van der Waals surface area contributed by atoms with Crippen LogP contribution in [-0.4, -0.2) is 38.6 Å². The Morgan fingerprint density at radius 3 is 1.16 bits per heavy atom. The third kappa shape index (κ3) is 11.3. The zero-order chi connectivity index (χ0) is 74.0. The molecule has 1 aliphatic rings. The molecular formula is C104H68N8. The largest absolute Gasteiger partial charge is 0.309 e. The molecule has 22 rings (SSSR count). The second-order valence-corrected chi connectivity index (χ2v) is 28.6. The Bertz CT molecular complexity index is 7040. The smallest absolute Gasteiger partial charge is 0.164 e. The molecule has 8 heteroatoms. The Morgan fingerprint density at radius 1 is 0.196 bits per heavy atom. The van der Waals surface area contributed by atoms with E-state index in [1.54, 1.807) is 0 Å². The molecular weight excluding hydrogens is 1360 g/mol. The molecule has 0 saturated heterocycles. The van der Waals surface area contributed by atoms with E-state index in [0.29, 0.717) is 23.3 Å². The van der Waals surface area contributed by atoms with Crippen molar-refractivity contribution in [3.8, 4) is 119 Å². The molecule has 5 heterocycles. The van der Waals surface area contributed by atoms with Gasteiger partial charge in [0.1, 0.15) is 0 Å². The summed E-state index contributed by atoms with van der Waals surface area (Å²) in [4.78, 5) is 25.1. The summed E-state index contributed by atoms with van der Waals surface area (Å²) < 4.78 is 7.21. The molecule has 1 atom stereocenters.